The van der Waals surface area contributed by atoms with Crippen LogP contribution in [-0.2, 0) is 16.6 Å². The van der Waals surface area contributed by atoms with E-state index in [9.17, 15) is 14.4 Å². The number of aryl methyl sites for hydroxylation is 2. The van der Waals surface area contributed by atoms with Crippen molar-refractivity contribution < 1.29 is 14.3 Å². The second-order valence-corrected chi connectivity index (χ2v) is 9.72. The van der Waals surface area contributed by atoms with E-state index in [1.165, 1.54) is 9.36 Å². The fraction of sp³-hybridized carbons (Fsp3) is 0.524. The third kappa shape index (κ3) is 4.51. The SMILES string of the molecule is Cc1cccc2c1n(C(OC=O)C(C)(C)N)c(=O)n2C(=O)NC(c1nnn(C)n1)C(C)(C)C. The maximum Gasteiger partial charge on any atom is 0.340 e. The molecule has 1 aromatic carbocycles. The molecule has 3 rings (SSSR count). The minimum atomic E-state index is -1.14. The monoisotopic (exact) mass is 458 g/mol. The number of carbonyl (C=O) groups is 2. The summed E-state index contributed by atoms with van der Waals surface area (Å²) in [6, 6.07) is 3.86. The number of nitrogens with one attached hydrogen (secondary N) is 1. The van der Waals surface area contributed by atoms with Crippen molar-refractivity contribution in [3.63, 3.8) is 0 Å². The van der Waals surface area contributed by atoms with Gasteiger partial charge in [-0.1, -0.05) is 32.9 Å². The molecular weight excluding hydrogens is 428 g/mol. The molecule has 0 spiro atoms. The van der Waals surface area contributed by atoms with Crippen molar-refractivity contribution in [2.75, 3.05) is 0 Å². The lowest BCUT2D eigenvalue weighted by Gasteiger charge is -2.29. The Balaban J connectivity index is 2.20. The first kappa shape index (κ1) is 24.1. The molecule has 0 aliphatic carbocycles. The minimum absolute atomic E-state index is 0.239. The Morgan fingerprint density at radius 2 is 1.91 bits per heavy atom. The number of benzene rings is 1. The highest BCUT2D eigenvalue weighted by atomic mass is 16.5. The molecule has 0 bridgehead atoms. The predicted molar refractivity (Wildman–Crippen MR) is 120 cm³/mol. The molecule has 2 unspecified atom stereocenters. The summed E-state index contributed by atoms with van der Waals surface area (Å²) >= 11 is 0. The van der Waals surface area contributed by atoms with Crippen LogP contribution in [0.25, 0.3) is 11.0 Å². The number of fused-ring (bicyclic) bond motifs is 1. The number of rotatable bonds is 6. The van der Waals surface area contributed by atoms with Crippen LogP contribution < -0.4 is 16.7 Å². The van der Waals surface area contributed by atoms with Crippen LogP contribution in [0, 0.1) is 12.3 Å². The summed E-state index contributed by atoms with van der Waals surface area (Å²) in [6.07, 6.45) is -1.14. The maximum absolute atomic E-state index is 13.6. The van der Waals surface area contributed by atoms with E-state index in [1.54, 1.807) is 46.0 Å². The van der Waals surface area contributed by atoms with Gasteiger partial charge in [-0.3, -0.25) is 9.36 Å². The zero-order valence-corrected chi connectivity index (χ0v) is 19.9. The summed E-state index contributed by atoms with van der Waals surface area (Å²) in [5, 5.41) is 15.0. The van der Waals surface area contributed by atoms with Gasteiger partial charge in [-0.2, -0.15) is 4.80 Å². The summed E-state index contributed by atoms with van der Waals surface area (Å²) in [6.45, 7) is 11.0. The van der Waals surface area contributed by atoms with E-state index in [0.717, 1.165) is 4.57 Å². The van der Waals surface area contributed by atoms with E-state index in [0.29, 0.717) is 22.4 Å². The minimum Gasteiger partial charge on any atom is -0.441 e. The Hall–Kier alpha value is -3.54. The van der Waals surface area contributed by atoms with E-state index in [-0.39, 0.29) is 6.47 Å². The molecule has 0 saturated heterocycles. The van der Waals surface area contributed by atoms with Gasteiger partial charge in [0.1, 0.15) is 0 Å². The van der Waals surface area contributed by atoms with Gasteiger partial charge in [-0.05, 0) is 43.0 Å². The molecule has 178 valence electrons. The van der Waals surface area contributed by atoms with Gasteiger partial charge < -0.3 is 15.8 Å². The molecule has 12 heteroatoms. The summed E-state index contributed by atoms with van der Waals surface area (Å²) in [4.78, 5) is 39.6. The van der Waals surface area contributed by atoms with Crippen LogP contribution in [-0.4, -0.2) is 47.4 Å². The molecule has 2 heterocycles. The number of tetrazole rings is 1. The average molecular weight is 459 g/mol. The largest absolute Gasteiger partial charge is 0.441 e. The van der Waals surface area contributed by atoms with Gasteiger partial charge >= 0.3 is 11.7 Å². The summed E-state index contributed by atoms with van der Waals surface area (Å²) < 4.78 is 7.46. The highest BCUT2D eigenvalue weighted by Crippen LogP contribution is 2.31. The van der Waals surface area contributed by atoms with Crippen molar-refractivity contribution in [1.82, 2.24) is 34.7 Å². The van der Waals surface area contributed by atoms with E-state index in [2.05, 4.69) is 20.7 Å². The third-order valence-corrected chi connectivity index (χ3v) is 5.27. The number of hydrogen-bond acceptors (Lipinski definition) is 8. The summed E-state index contributed by atoms with van der Waals surface area (Å²) in [5.41, 5.74) is 5.44. The Bertz CT molecular complexity index is 1240. The quantitative estimate of drug-likeness (QED) is 0.526. The molecule has 1 amide bonds. The summed E-state index contributed by atoms with van der Waals surface area (Å²) in [7, 11) is 1.63. The van der Waals surface area contributed by atoms with Crippen molar-refractivity contribution >= 4 is 23.5 Å². The molecule has 3 aromatic rings. The first-order valence-corrected chi connectivity index (χ1v) is 10.4. The lowest BCUT2D eigenvalue weighted by Crippen LogP contribution is -2.48. The molecular formula is C21H30N8O4. The fourth-order valence-electron chi connectivity index (χ4n) is 3.75. The van der Waals surface area contributed by atoms with Crippen molar-refractivity contribution in [3.05, 3.63) is 40.1 Å². The Labute approximate surface area is 190 Å². The molecule has 2 aromatic heterocycles. The maximum atomic E-state index is 13.6. The Kier molecular flexibility index (Phi) is 6.16. The lowest BCUT2D eigenvalue weighted by atomic mass is 9.86. The molecule has 0 fully saturated rings. The molecule has 0 radical (unpaired) electrons. The second kappa shape index (κ2) is 8.43. The molecule has 2 atom stereocenters. The molecule has 12 nitrogen and oxygen atoms in total. The zero-order chi connectivity index (χ0) is 24.7. The van der Waals surface area contributed by atoms with Gasteiger partial charge in [0.05, 0.1) is 29.7 Å². The van der Waals surface area contributed by atoms with Crippen molar-refractivity contribution in [1.29, 1.82) is 0 Å². The molecule has 3 N–H and O–H groups in total. The van der Waals surface area contributed by atoms with Crippen LogP contribution >= 0.6 is 0 Å². The number of nitrogens with two attached hydrogens (primary N) is 1. The van der Waals surface area contributed by atoms with Crippen molar-refractivity contribution in [2.24, 2.45) is 18.2 Å². The fourth-order valence-corrected chi connectivity index (χ4v) is 3.75. The van der Waals surface area contributed by atoms with E-state index >= 15 is 0 Å². The van der Waals surface area contributed by atoms with Gasteiger partial charge in [-0.25, -0.2) is 14.2 Å². The van der Waals surface area contributed by atoms with Gasteiger partial charge in [0.25, 0.3) is 6.47 Å². The number of para-hydroxylation sites is 1. The van der Waals surface area contributed by atoms with E-state index in [4.69, 9.17) is 10.5 Å². The van der Waals surface area contributed by atoms with Crippen LogP contribution in [0.4, 0.5) is 4.79 Å². The van der Waals surface area contributed by atoms with Crippen LogP contribution in [0.15, 0.2) is 23.0 Å². The lowest BCUT2D eigenvalue weighted by molar-refractivity contribution is -0.142. The van der Waals surface area contributed by atoms with Crippen LogP contribution in [0.1, 0.15) is 58.3 Å². The van der Waals surface area contributed by atoms with Crippen LogP contribution in [0.2, 0.25) is 0 Å². The van der Waals surface area contributed by atoms with E-state index in [1.807, 2.05) is 20.8 Å². The number of hydrogen-bond donors (Lipinski definition) is 2. The third-order valence-electron chi connectivity index (χ3n) is 5.27. The highest BCUT2D eigenvalue weighted by Gasteiger charge is 2.36. The van der Waals surface area contributed by atoms with Crippen LogP contribution in [0.5, 0.6) is 0 Å². The first-order chi connectivity index (χ1) is 15.3. The number of amides is 1. The topological polar surface area (TPSA) is 152 Å². The highest BCUT2D eigenvalue weighted by molar-refractivity contribution is 5.91. The van der Waals surface area contributed by atoms with Crippen molar-refractivity contribution in [2.45, 2.75) is 59.4 Å². The molecule has 0 aliphatic rings. The van der Waals surface area contributed by atoms with Gasteiger partial charge in [0, 0.05) is 0 Å². The van der Waals surface area contributed by atoms with Crippen molar-refractivity contribution in [3.8, 4) is 0 Å². The number of ether oxygens (including phenoxy) is 1. The predicted octanol–water partition coefficient (Wildman–Crippen LogP) is 1.39. The zero-order valence-electron chi connectivity index (χ0n) is 19.9. The number of aromatic nitrogens is 6. The Morgan fingerprint density at radius 1 is 1.24 bits per heavy atom. The smallest absolute Gasteiger partial charge is 0.340 e. The van der Waals surface area contributed by atoms with Crippen LogP contribution in [0.3, 0.4) is 0 Å². The summed E-state index contributed by atoms with van der Waals surface area (Å²) in [5.74, 6) is 0.316. The molecule has 0 aliphatic heterocycles. The number of imidazole rings is 1. The van der Waals surface area contributed by atoms with Gasteiger partial charge in [-0.15, -0.1) is 10.2 Å². The Morgan fingerprint density at radius 3 is 2.42 bits per heavy atom. The second-order valence-electron chi connectivity index (χ2n) is 9.72. The standard InChI is InChI=1S/C21H30N8O4/c1-12-9-8-10-13-14(12)29(17(33-11-30)21(5,6)22)19(32)28(13)18(31)23-15(20(2,3)4)16-24-26-27(7)25-16/h8-11,15,17H,22H2,1-7H3,(H,23,31). The average Bonchev–Trinajstić information content (AvgIpc) is 3.23. The molecule has 33 heavy (non-hydrogen) atoms. The first-order valence-electron chi connectivity index (χ1n) is 10.4. The number of carbonyl (C=O) groups excluding carboxylic acids is 2. The van der Waals surface area contributed by atoms with E-state index < -0.39 is 34.9 Å². The molecule has 0 saturated carbocycles. The van der Waals surface area contributed by atoms with Gasteiger partial charge in [0.15, 0.2) is 5.82 Å². The number of nitrogens with zero attached hydrogens (tertiary/aromatic N) is 6. The normalized spacial score (nSPS) is 14.2. The van der Waals surface area contributed by atoms with Gasteiger partial charge in [0.2, 0.25) is 6.23 Å².